The predicted molar refractivity (Wildman–Crippen MR) is 82.3 cm³/mol. The molecule has 1 aliphatic heterocycles. The van der Waals surface area contributed by atoms with Crippen molar-refractivity contribution >= 4 is 17.4 Å². The number of nitrogens with zero attached hydrogens (tertiary/aromatic N) is 1. The van der Waals surface area contributed by atoms with Crippen molar-refractivity contribution in [1.82, 2.24) is 4.90 Å². The first-order chi connectivity index (χ1) is 9.74. The van der Waals surface area contributed by atoms with Crippen LogP contribution in [0.25, 0.3) is 0 Å². The first kappa shape index (κ1) is 14.1. The van der Waals surface area contributed by atoms with E-state index in [1.807, 2.05) is 24.3 Å². The molecule has 20 heavy (non-hydrogen) atoms. The molecule has 0 spiro atoms. The van der Waals surface area contributed by atoms with Crippen molar-refractivity contribution < 1.29 is 4.79 Å². The van der Waals surface area contributed by atoms with Gasteiger partial charge in [-0.15, -0.1) is 0 Å². The maximum Gasteiger partial charge on any atom is 0.167 e. The Morgan fingerprint density at radius 2 is 1.75 bits per heavy atom. The Morgan fingerprint density at radius 3 is 2.45 bits per heavy atom. The summed E-state index contributed by atoms with van der Waals surface area (Å²) in [4.78, 5) is 15.2. The summed E-state index contributed by atoms with van der Waals surface area (Å²) in [5.41, 5.74) is 0.813. The molecule has 0 aromatic heterocycles. The zero-order valence-electron chi connectivity index (χ0n) is 11.9. The maximum atomic E-state index is 12.6. The summed E-state index contributed by atoms with van der Waals surface area (Å²) in [6.45, 7) is 2.13. The summed E-state index contributed by atoms with van der Waals surface area (Å²) < 4.78 is 0. The zero-order chi connectivity index (χ0) is 13.9. The van der Waals surface area contributed by atoms with Gasteiger partial charge in [-0.1, -0.05) is 24.4 Å². The quantitative estimate of drug-likeness (QED) is 0.779. The Morgan fingerprint density at radius 1 is 1.05 bits per heavy atom. The number of hydrogen-bond donors (Lipinski definition) is 0. The van der Waals surface area contributed by atoms with Crippen LogP contribution in [-0.2, 0) is 0 Å². The zero-order valence-corrected chi connectivity index (χ0v) is 12.6. The Balaban J connectivity index is 1.66. The van der Waals surface area contributed by atoms with Crippen molar-refractivity contribution in [3.05, 3.63) is 34.9 Å². The van der Waals surface area contributed by atoms with Gasteiger partial charge in [0.2, 0.25) is 0 Å². The fourth-order valence-electron chi connectivity index (χ4n) is 3.67. The number of likely N-dealkylation sites (tertiary alicyclic amines) is 1. The first-order valence-electron chi connectivity index (χ1n) is 7.78. The lowest BCUT2D eigenvalue weighted by atomic mass is 9.89. The third-order valence-corrected chi connectivity index (χ3v) is 5.05. The number of hydrogen-bond acceptors (Lipinski definition) is 2. The fraction of sp³-hybridized carbons (Fsp3) is 0.588. The lowest BCUT2D eigenvalue weighted by Gasteiger charge is -2.36. The molecule has 108 valence electrons. The SMILES string of the molecule is O=C(c1ccc(Cl)cc1)[C@H]1CCCN(C2CCCC2)C1. The minimum Gasteiger partial charge on any atom is -0.300 e. The standard InChI is InChI=1S/C17H22ClNO/c18-15-9-7-13(8-10-15)17(20)14-4-3-11-19(12-14)16-5-1-2-6-16/h7-10,14,16H,1-6,11-12H2/t14-/m0/s1. The molecular formula is C17H22ClNO. The van der Waals surface area contributed by atoms with Crippen LogP contribution >= 0.6 is 11.6 Å². The van der Waals surface area contributed by atoms with Gasteiger partial charge in [-0.3, -0.25) is 9.69 Å². The van der Waals surface area contributed by atoms with Crippen LogP contribution in [0.5, 0.6) is 0 Å². The predicted octanol–water partition coefficient (Wildman–Crippen LogP) is 4.18. The highest BCUT2D eigenvalue weighted by molar-refractivity contribution is 6.30. The third-order valence-electron chi connectivity index (χ3n) is 4.79. The van der Waals surface area contributed by atoms with Gasteiger partial charge >= 0.3 is 0 Å². The van der Waals surface area contributed by atoms with Gasteiger partial charge < -0.3 is 0 Å². The number of ketones is 1. The van der Waals surface area contributed by atoms with Gasteiger partial charge in [0.25, 0.3) is 0 Å². The van der Waals surface area contributed by atoms with Crippen LogP contribution < -0.4 is 0 Å². The molecule has 3 rings (SSSR count). The van der Waals surface area contributed by atoms with E-state index in [1.165, 1.54) is 32.2 Å². The molecule has 3 heteroatoms. The van der Waals surface area contributed by atoms with Crippen LogP contribution in [0, 0.1) is 5.92 Å². The van der Waals surface area contributed by atoms with Gasteiger partial charge in [0.15, 0.2) is 5.78 Å². The summed E-state index contributed by atoms with van der Waals surface area (Å²) >= 11 is 5.89. The van der Waals surface area contributed by atoms with Crippen LogP contribution in [0.4, 0.5) is 0 Å². The topological polar surface area (TPSA) is 20.3 Å². The summed E-state index contributed by atoms with van der Waals surface area (Å²) in [6, 6.07) is 8.08. The number of benzene rings is 1. The highest BCUT2D eigenvalue weighted by Gasteiger charge is 2.31. The average Bonchev–Trinajstić information content (AvgIpc) is 3.02. The molecule has 2 nitrogen and oxygen atoms in total. The molecule has 1 saturated carbocycles. The van der Waals surface area contributed by atoms with Gasteiger partial charge in [0, 0.05) is 29.1 Å². The monoisotopic (exact) mass is 291 g/mol. The average molecular weight is 292 g/mol. The van der Waals surface area contributed by atoms with Gasteiger partial charge in [0.1, 0.15) is 0 Å². The number of halogens is 1. The van der Waals surface area contributed by atoms with Crippen molar-refractivity contribution in [3.63, 3.8) is 0 Å². The van der Waals surface area contributed by atoms with Crippen molar-refractivity contribution in [2.75, 3.05) is 13.1 Å². The van der Waals surface area contributed by atoms with Crippen molar-refractivity contribution in [2.24, 2.45) is 5.92 Å². The second-order valence-corrected chi connectivity index (χ2v) is 6.58. The molecule has 0 amide bonds. The molecule has 0 N–H and O–H groups in total. The molecule has 1 aliphatic carbocycles. The van der Waals surface area contributed by atoms with Crippen LogP contribution in [0.15, 0.2) is 24.3 Å². The van der Waals surface area contributed by atoms with E-state index in [0.29, 0.717) is 10.8 Å². The van der Waals surface area contributed by atoms with Crippen LogP contribution in [0.1, 0.15) is 48.9 Å². The van der Waals surface area contributed by atoms with E-state index in [-0.39, 0.29) is 5.92 Å². The number of rotatable bonds is 3. The molecular weight excluding hydrogens is 270 g/mol. The number of piperidine rings is 1. The van der Waals surface area contributed by atoms with Gasteiger partial charge in [-0.05, 0) is 56.5 Å². The summed E-state index contributed by atoms with van der Waals surface area (Å²) in [5.74, 6) is 0.467. The summed E-state index contributed by atoms with van der Waals surface area (Å²) in [6.07, 6.45) is 7.54. The molecule has 0 radical (unpaired) electrons. The minimum absolute atomic E-state index is 0.172. The van der Waals surface area contributed by atoms with E-state index in [4.69, 9.17) is 11.6 Å². The molecule has 0 bridgehead atoms. The van der Waals surface area contributed by atoms with E-state index in [1.54, 1.807) is 0 Å². The normalized spacial score (nSPS) is 24.9. The van der Waals surface area contributed by atoms with E-state index in [0.717, 1.165) is 31.0 Å². The number of Topliss-reactive ketones (excluding diaryl/α,β-unsaturated/α-hetero) is 1. The second-order valence-electron chi connectivity index (χ2n) is 6.14. The Labute approximate surface area is 126 Å². The van der Waals surface area contributed by atoms with Crippen LogP contribution in [0.3, 0.4) is 0 Å². The molecule has 0 unspecified atom stereocenters. The van der Waals surface area contributed by atoms with Crippen LogP contribution in [-0.4, -0.2) is 29.8 Å². The number of carbonyl (C=O) groups excluding carboxylic acids is 1. The van der Waals surface area contributed by atoms with Crippen molar-refractivity contribution in [2.45, 2.75) is 44.6 Å². The largest absolute Gasteiger partial charge is 0.300 e. The van der Waals surface area contributed by atoms with E-state index in [2.05, 4.69) is 4.90 Å². The maximum absolute atomic E-state index is 12.6. The van der Waals surface area contributed by atoms with E-state index >= 15 is 0 Å². The Hall–Kier alpha value is -0.860. The lowest BCUT2D eigenvalue weighted by Crippen LogP contribution is -2.43. The molecule has 1 aromatic carbocycles. The van der Waals surface area contributed by atoms with Gasteiger partial charge in [0.05, 0.1) is 0 Å². The van der Waals surface area contributed by atoms with Gasteiger partial charge in [-0.25, -0.2) is 0 Å². The van der Waals surface area contributed by atoms with Crippen molar-refractivity contribution in [1.29, 1.82) is 0 Å². The van der Waals surface area contributed by atoms with Crippen LogP contribution in [0.2, 0.25) is 5.02 Å². The highest BCUT2D eigenvalue weighted by Crippen LogP contribution is 2.29. The lowest BCUT2D eigenvalue weighted by molar-refractivity contribution is 0.0757. The number of carbonyl (C=O) groups is 1. The Bertz CT molecular complexity index is 464. The van der Waals surface area contributed by atoms with Crippen molar-refractivity contribution in [3.8, 4) is 0 Å². The fourth-order valence-corrected chi connectivity index (χ4v) is 3.80. The van der Waals surface area contributed by atoms with E-state index in [9.17, 15) is 4.79 Å². The molecule has 1 heterocycles. The smallest absolute Gasteiger partial charge is 0.167 e. The highest BCUT2D eigenvalue weighted by atomic mass is 35.5. The summed E-state index contributed by atoms with van der Waals surface area (Å²) in [5, 5.41) is 0.692. The minimum atomic E-state index is 0.172. The molecule has 1 aromatic rings. The van der Waals surface area contributed by atoms with E-state index < -0.39 is 0 Å². The summed E-state index contributed by atoms with van der Waals surface area (Å²) in [7, 11) is 0. The van der Waals surface area contributed by atoms with Gasteiger partial charge in [-0.2, -0.15) is 0 Å². The molecule has 2 aliphatic rings. The second kappa shape index (κ2) is 6.28. The molecule has 1 saturated heterocycles. The third kappa shape index (κ3) is 3.07. The Kier molecular flexibility index (Phi) is 4.42. The first-order valence-corrected chi connectivity index (χ1v) is 8.15. The molecule has 1 atom stereocenters. The molecule has 2 fully saturated rings.